The summed E-state index contributed by atoms with van der Waals surface area (Å²) in [7, 11) is -4.00. The van der Waals surface area contributed by atoms with Crippen molar-refractivity contribution < 1.29 is 36.3 Å². The first-order valence-electron chi connectivity index (χ1n) is 11.7. The van der Waals surface area contributed by atoms with Crippen LogP contribution in [0.4, 0.5) is 13.2 Å². The van der Waals surface area contributed by atoms with Crippen molar-refractivity contribution in [3.05, 3.63) is 93.5 Å². The number of carbonyl (C=O) groups excluding carboxylic acids is 1. The molecule has 0 aliphatic heterocycles. The predicted octanol–water partition coefficient (Wildman–Crippen LogP) is 5.22. The molecule has 0 aliphatic carbocycles. The highest BCUT2D eigenvalue weighted by Gasteiger charge is 2.38. The van der Waals surface area contributed by atoms with Crippen molar-refractivity contribution in [1.29, 1.82) is 0 Å². The number of nitrogens with two attached hydrogens (primary N) is 1. The van der Waals surface area contributed by atoms with Gasteiger partial charge in [-0.1, -0.05) is 54.1 Å². The first-order valence-corrected chi connectivity index (χ1v) is 14.0. The molecule has 0 aliphatic rings. The number of hydrogen-bond donors (Lipinski definition) is 3. The zero-order chi connectivity index (χ0) is 29.8. The summed E-state index contributed by atoms with van der Waals surface area (Å²) in [6, 6.07) is 17.0. The van der Waals surface area contributed by atoms with Gasteiger partial charge in [-0.05, 0) is 55.2 Å². The monoisotopic (exact) mass is 593 g/mol. The van der Waals surface area contributed by atoms with Crippen LogP contribution < -0.4 is 10.5 Å². The average molecular weight is 594 g/mol. The largest absolute Gasteiger partial charge is 0.490 e. The Labute approximate surface area is 232 Å². The molecule has 1 unspecified atom stereocenters. The molecule has 212 valence electrons. The molecule has 4 aromatic rings. The van der Waals surface area contributed by atoms with Gasteiger partial charge in [0.2, 0.25) is 15.8 Å². The van der Waals surface area contributed by atoms with Crippen LogP contribution in [0.25, 0.3) is 10.2 Å². The summed E-state index contributed by atoms with van der Waals surface area (Å²) in [6.07, 6.45) is -5.08. The number of sulfonamides is 1. The second kappa shape index (κ2) is 12.3. The Morgan fingerprint density at radius 2 is 1.57 bits per heavy atom. The normalized spacial score (nSPS) is 12.5. The smallest absolute Gasteiger partial charge is 0.475 e. The Morgan fingerprint density at radius 3 is 2.08 bits per heavy atom. The van der Waals surface area contributed by atoms with Crippen LogP contribution in [0.15, 0.2) is 65.6 Å². The first-order chi connectivity index (χ1) is 18.6. The van der Waals surface area contributed by atoms with E-state index in [0.29, 0.717) is 28.8 Å². The highest BCUT2D eigenvalue weighted by atomic mass is 32.2. The third-order valence-electron chi connectivity index (χ3n) is 5.70. The van der Waals surface area contributed by atoms with Crippen LogP contribution in [-0.4, -0.2) is 36.4 Å². The van der Waals surface area contributed by atoms with Gasteiger partial charge in [-0.3, -0.25) is 4.79 Å². The molecule has 0 spiro atoms. The molecule has 8 nitrogen and oxygen atoms in total. The number of carboxylic acids is 1. The molecule has 0 bridgehead atoms. The molecule has 0 saturated heterocycles. The van der Waals surface area contributed by atoms with E-state index in [1.54, 1.807) is 38.1 Å². The lowest BCUT2D eigenvalue weighted by atomic mass is 10.0. The number of nitrogens with zero attached hydrogens (tertiary/aromatic N) is 1. The molecule has 1 atom stereocenters. The van der Waals surface area contributed by atoms with E-state index < -0.39 is 34.0 Å². The van der Waals surface area contributed by atoms with Gasteiger partial charge in [-0.25, -0.2) is 18.2 Å². The minimum absolute atomic E-state index is 0.189. The van der Waals surface area contributed by atoms with Gasteiger partial charge in [0, 0.05) is 6.54 Å². The first kappa shape index (κ1) is 30.9. The summed E-state index contributed by atoms with van der Waals surface area (Å²) in [5.74, 6) is -3.16. The summed E-state index contributed by atoms with van der Waals surface area (Å²) < 4.78 is 62.3. The number of aromatic nitrogens is 1. The number of aliphatic carboxylic acids is 1. The molecule has 1 aromatic heterocycles. The van der Waals surface area contributed by atoms with E-state index >= 15 is 0 Å². The molecule has 0 radical (unpaired) electrons. The molecule has 40 heavy (non-hydrogen) atoms. The number of carbonyl (C=O) groups is 2. The molecule has 4 rings (SSSR count). The number of fused-ring (bicyclic) bond motifs is 1. The molecule has 0 saturated carbocycles. The molecular formula is C27H26F3N3O5S2. The summed E-state index contributed by atoms with van der Waals surface area (Å²) in [4.78, 5) is 27.1. The third-order valence-corrected chi connectivity index (χ3v) is 8.48. The SMILES string of the molecule is Cc1cc(C)c(S(=O)(=O)NC(C(=O)c2nc3ccccc3s2)c2ccc(CN)cc2)c(C)c1.O=C(O)C(F)(F)F. The Morgan fingerprint density at radius 1 is 1.02 bits per heavy atom. The second-order valence-electron chi connectivity index (χ2n) is 8.88. The van der Waals surface area contributed by atoms with Crippen LogP contribution >= 0.6 is 11.3 Å². The summed E-state index contributed by atoms with van der Waals surface area (Å²) in [5.41, 5.74) is 10.1. The highest BCUT2D eigenvalue weighted by molar-refractivity contribution is 7.89. The topological polar surface area (TPSA) is 139 Å². The average Bonchev–Trinajstić information content (AvgIpc) is 3.30. The fraction of sp³-hybridized carbons (Fsp3) is 0.222. The highest BCUT2D eigenvalue weighted by Crippen LogP contribution is 2.29. The number of carboxylic acid groups (broad SMARTS) is 1. The van der Waals surface area contributed by atoms with E-state index in [4.69, 9.17) is 15.6 Å². The van der Waals surface area contributed by atoms with Gasteiger partial charge >= 0.3 is 12.1 Å². The van der Waals surface area contributed by atoms with Gasteiger partial charge in [-0.15, -0.1) is 11.3 Å². The lowest BCUT2D eigenvalue weighted by Crippen LogP contribution is -2.34. The summed E-state index contributed by atoms with van der Waals surface area (Å²) in [5, 5.41) is 7.38. The number of hydrogen-bond acceptors (Lipinski definition) is 7. The Hall–Kier alpha value is -3.65. The van der Waals surface area contributed by atoms with E-state index in [0.717, 1.165) is 15.8 Å². The molecule has 13 heteroatoms. The number of Topliss-reactive ketones (excluding diaryl/α,β-unsaturated/α-hetero) is 1. The molecule has 0 fully saturated rings. The summed E-state index contributed by atoms with van der Waals surface area (Å²) in [6.45, 7) is 5.79. The van der Waals surface area contributed by atoms with Crippen LogP contribution in [-0.2, 0) is 21.4 Å². The maximum atomic E-state index is 13.6. The van der Waals surface area contributed by atoms with Gasteiger partial charge < -0.3 is 10.8 Å². The van der Waals surface area contributed by atoms with Crippen molar-refractivity contribution in [3.8, 4) is 0 Å². The standard InChI is InChI=1S/C25H25N3O3S2.C2HF3O2/c1-15-12-16(2)24(17(3)13-15)33(30,31)28-22(19-10-8-18(14-26)9-11-19)23(29)25-27-20-6-4-5-7-21(20)32-25;3-2(4,5)1(6)7/h4-13,22,28H,14,26H2,1-3H3;(H,6,7). The fourth-order valence-corrected chi connectivity index (χ4v) is 6.60. The van der Waals surface area contributed by atoms with Crippen LogP contribution in [0, 0.1) is 20.8 Å². The molecular weight excluding hydrogens is 567 g/mol. The number of halogens is 3. The van der Waals surface area contributed by atoms with Crippen molar-refractivity contribution in [2.24, 2.45) is 5.73 Å². The quantitative estimate of drug-likeness (QED) is 0.250. The number of nitrogens with one attached hydrogen (secondary N) is 1. The number of rotatable bonds is 7. The van der Waals surface area contributed by atoms with Gasteiger partial charge in [0.1, 0.15) is 6.04 Å². The minimum atomic E-state index is -5.08. The van der Waals surface area contributed by atoms with E-state index in [1.807, 2.05) is 43.3 Å². The van der Waals surface area contributed by atoms with Gasteiger partial charge in [0.25, 0.3) is 0 Å². The number of benzene rings is 3. The Bertz CT molecular complexity index is 1590. The van der Waals surface area contributed by atoms with Crippen molar-refractivity contribution in [2.75, 3.05) is 0 Å². The van der Waals surface area contributed by atoms with Gasteiger partial charge in [-0.2, -0.15) is 17.9 Å². The van der Waals surface area contributed by atoms with E-state index in [9.17, 15) is 26.4 Å². The Balaban J connectivity index is 0.000000559. The zero-order valence-electron chi connectivity index (χ0n) is 21.6. The number of thiazole rings is 1. The molecule has 0 amide bonds. The van der Waals surface area contributed by atoms with Crippen molar-refractivity contribution >= 4 is 43.3 Å². The van der Waals surface area contributed by atoms with Crippen LogP contribution in [0.3, 0.4) is 0 Å². The lowest BCUT2D eigenvalue weighted by Gasteiger charge is -2.20. The molecule has 3 aromatic carbocycles. The van der Waals surface area contributed by atoms with Crippen molar-refractivity contribution in [3.63, 3.8) is 0 Å². The minimum Gasteiger partial charge on any atom is -0.475 e. The van der Waals surface area contributed by atoms with Gasteiger partial charge in [0.05, 0.1) is 15.1 Å². The fourth-order valence-electron chi connectivity index (χ4n) is 4.02. The van der Waals surface area contributed by atoms with Crippen LogP contribution in [0.5, 0.6) is 0 Å². The molecule has 1 heterocycles. The molecule has 4 N–H and O–H groups in total. The zero-order valence-corrected chi connectivity index (χ0v) is 23.2. The van der Waals surface area contributed by atoms with Crippen LogP contribution in [0.1, 0.15) is 43.7 Å². The lowest BCUT2D eigenvalue weighted by molar-refractivity contribution is -0.192. The van der Waals surface area contributed by atoms with E-state index in [1.165, 1.54) is 11.3 Å². The third kappa shape index (κ3) is 7.30. The Kier molecular flexibility index (Phi) is 9.46. The van der Waals surface area contributed by atoms with Crippen molar-refractivity contribution in [2.45, 2.75) is 44.4 Å². The second-order valence-corrected chi connectivity index (χ2v) is 11.6. The van der Waals surface area contributed by atoms with E-state index in [2.05, 4.69) is 9.71 Å². The van der Waals surface area contributed by atoms with Gasteiger partial charge in [0.15, 0.2) is 5.01 Å². The summed E-state index contributed by atoms with van der Waals surface area (Å²) >= 11 is 1.25. The number of aryl methyl sites for hydroxylation is 3. The van der Waals surface area contributed by atoms with E-state index in [-0.39, 0.29) is 9.90 Å². The van der Waals surface area contributed by atoms with Crippen LogP contribution in [0.2, 0.25) is 0 Å². The number of ketones is 1. The maximum absolute atomic E-state index is 13.6. The number of para-hydroxylation sites is 1. The number of alkyl halides is 3. The van der Waals surface area contributed by atoms with Crippen molar-refractivity contribution in [1.82, 2.24) is 9.71 Å². The maximum Gasteiger partial charge on any atom is 0.490 e. The predicted molar refractivity (Wildman–Crippen MR) is 146 cm³/mol.